The van der Waals surface area contributed by atoms with Crippen molar-refractivity contribution in [2.24, 2.45) is 23.2 Å². The van der Waals surface area contributed by atoms with Gasteiger partial charge in [0.05, 0.1) is 5.41 Å². The van der Waals surface area contributed by atoms with Crippen molar-refractivity contribution in [3.05, 3.63) is 0 Å². The maximum atomic E-state index is 12.9. The van der Waals surface area contributed by atoms with Crippen molar-refractivity contribution in [2.75, 3.05) is 34.2 Å². The van der Waals surface area contributed by atoms with Gasteiger partial charge >= 0.3 is 0 Å². The molecule has 0 heterocycles. The first kappa shape index (κ1) is 13.4. The SMILES string of the molecule is CN(C)CCN(C)C(=O)C12CC3CC(CC(C3)C1)C2. The molecule has 4 aliphatic carbocycles. The van der Waals surface area contributed by atoms with Gasteiger partial charge in [0.15, 0.2) is 0 Å². The lowest BCUT2D eigenvalue weighted by Gasteiger charge is -2.56. The highest BCUT2D eigenvalue weighted by Gasteiger charge is 2.55. The molecule has 0 aromatic carbocycles. The van der Waals surface area contributed by atoms with Crippen LogP contribution in [0.4, 0.5) is 0 Å². The lowest BCUT2D eigenvalue weighted by atomic mass is 9.49. The molecule has 3 nitrogen and oxygen atoms in total. The Morgan fingerprint density at radius 2 is 1.42 bits per heavy atom. The van der Waals surface area contributed by atoms with Crippen LogP contribution in [-0.2, 0) is 4.79 Å². The van der Waals surface area contributed by atoms with Gasteiger partial charge in [0.25, 0.3) is 0 Å². The van der Waals surface area contributed by atoms with Crippen molar-refractivity contribution in [2.45, 2.75) is 38.5 Å². The summed E-state index contributed by atoms with van der Waals surface area (Å²) in [6, 6.07) is 0. The molecule has 0 aliphatic heterocycles. The van der Waals surface area contributed by atoms with Crippen LogP contribution in [-0.4, -0.2) is 49.9 Å². The van der Waals surface area contributed by atoms with Crippen molar-refractivity contribution >= 4 is 5.91 Å². The van der Waals surface area contributed by atoms with Gasteiger partial charge in [-0.2, -0.15) is 0 Å². The third-order valence-corrected chi connectivity index (χ3v) is 5.72. The van der Waals surface area contributed by atoms with Crippen LogP contribution in [0, 0.1) is 23.2 Å². The molecule has 4 fully saturated rings. The lowest BCUT2D eigenvalue weighted by Crippen LogP contribution is -2.54. The Hall–Kier alpha value is -0.570. The number of hydrogen-bond acceptors (Lipinski definition) is 2. The molecule has 0 aromatic rings. The summed E-state index contributed by atoms with van der Waals surface area (Å²) < 4.78 is 0. The molecule has 19 heavy (non-hydrogen) atoms. The second-order valence-electron chi connectivity index (χ2n) is 7.73. The topological polar surface area (TPSA) is 23.6 Å². The Labute approximate surface area is 117 Å². The first-order chi connectivity index (χ1) is 8.98. The molecule has 3 heteroatoms. The van der Waals surface area contributed by atoms with Gasteiger partial charge in [-0.25, -0.2) is 0 Å². The van der Waals surface area contributed by atoms with Gasteiger partial charge in [0.1, 0.15) is 0 Å². The summed E-state index contributed by atoms with van der Waals surface area (Å²) >= 11 is 0. The van der Waals surface area contributed by atoms with E-state index in [-0.39, 0.29) is 5.41 Å². The number of carbonyl (C=O) groups is 1. The smallest absolute Gasteiger partial charge is 0.228 e. The van der Waals surface area contributed by atoms with E-state index in [1.165, 1.54) is 38.5 Å². The molecule has 4 rings (SSSR count). The zero-order chi connectivity index (χ0) is 13.6. The van der Waals surface area contributed by atoms with E-state index in [0.717, 1.165) is 30.8 Å². The molecule has 4 saturated carbocycles. The molecule has 4 bridgehead atoms. The Balaban J connectivity index is 1.69. The summed E-state index contributed by atoms with van der Waals surface area (Å²) in [5, 5.41) is 0. The molecule has 0 atom stereocenters. The van der Waals surface area contributed by atoms with E-state index in [1.807, 2.05) is 11.9 Å². The molecule has 0 unspecified atom stereocenters. The number of rotatable bonds is 4. The quantitative estimate of drug-likeness (QED) is 0.777. The minimum atomic E-state index is 0.0375. The molecule has 0 radical (unpaired) electrons. The summed E-state index contributed by atoms with van der Waals surface area (Å²) in [5.74, 6) is 3.03. The van der Waals surface area contributed by atoms with E-state index >= 15 is 0 Å². The fourth-order valence-corrected chi connectivity index (χ4v) is 5.23. The second-order valence-corrected chi connectivity index (χ2v) is 7.73. The number of amides is 1. The fourth-order valence-electron chi connectivity index (χ4n) is 5.23. The van der Waals surface area contributed by atoms with Gasteiger partial charge in [0, 0.05) is 20.1 Å². The summed E-state index contributed by atoms with van der Waals surface area (Å²) in [5.41, 5.74) is 0.0375. The number of carbonyl (C=O) groups excluding carboxylic acids is 1. The Bertz CT molecular complexity index is 328. The molecule has 0 N–H and O–H groups in total. The summed E-state index contributed by atoms with van der Waals surface area (Å²) in [6.45, 7) is 1.84. The predicted molar refractivity (Wildman–Crippen MR) is 76.8 cm³/mol. The maximum Gasteiger partial charge on any atom is 0.228 e. The van der Waals surface area contributed by atoms with E-state index in [4.69, 9.17) is 0 Å². The van der Waals surface area contributed by atoms with Crippen molar-refractivity contribution in [3.63, 3.8) is 0 Å². The zero-order valence-corrected chi connectivity index (χ0v) is 12.7. The van der Waals surface area contributed by atoms with Crippen LogP contribution >= 0.6 is 0 Å². The van der Waals surface area contributed by atoms with Crippen LogP contribution in [0.2, 0.25) is 0 Å². The van der Waals surface area contributed by atoms with Gasteiger partial charge in [-0.15, -0.1) is 0 Å². The van der Waals surface area contributed by atoms with Crippen molar-refractivity contribution in [1.82, 2.24) is 9.80 Å². The lowest BCUT2D eigenvalue weighted by molar-refractivity contribution is -0.156. The third-order valence-electron chi connectivity index (χ3n) is 5.72. The van der Waals surface area contributed by atoms with Crippen LogP contribution in [0.15, 0.2) is 0 Å². The molecule has 4 aliphatic rings. The van der Waals surface area contributed by atoms with Gasteiger partial charge in [-0.05, 0) is 70.4 Å². The predicted octanol–water partition coefficient (Wildman–Crippen LogP) is 2.22. The first-order valence-electron chi connectivity index (χ1n) is 7.89. The van der Waals surface area contributed by atoms with Crippen LogP contribution < -0.4 is 0 Å². The number of nitrogens with zero attached hydrogens (tertiary/aromatic N) is 2. The van der Waals surface area contributed by atoms with Gasteiger partial charge in [-0.3, -0.25) is 4.79 Å². The molecule has 108 valence electrons. The normalized spacial score (nSPS) is 39.9. The molecular weight excluding hydrogens is 236 g/mol. The summed E-state index contributed by atoms with van der Waals surface area (Å²) in [4.78, 5) is 17.1. The Morgan fingerprint density at radius 3 is 1.84 bits per heavy atom. The van der Waals surface area contributed by atoms with E-state index < -0.39 is 0 Å². The van der Waals surface area contributed by atoms with Crippen LogP contribution in [0.3, 0.4) is 0 Å². The summed E-state index contributed by atoms with van der Waals surface area (Å²) in [7, 11) is 6.15. The minimum Gasteiger partial charge on any atom is -0.344 e. The highest BCUT2D eigenvalue weighted by Crippen LogP contribution is 2.60. The number of hydrogen-bond donors (Lipinski definition) is 0. The molecule has 0 saturated heterocycles. The first-order valence-corrected chi connectivity index (χ1v) is 7.89. The largest absolute Gasteiger partial charge is 0.344 e. The highest BCUT2D eigenvalue weighted by atomic mass is 16.2. The fraction of sp³-hybridized carbons (Fsp3) is 0.938. The monoisotopic (exact) mass is 264 g/mol. The molecular formula is C16H28N2O. The average molecular weight is 264 g/mol. The van der Waals surface area contributed by atoms with Crippen LogP contribution in [0.1, 0.15) is 38.5 Å². The average Bonchev–Trinajstić information content (AvgIpc) is 2.33. The van der Waals surface area contributed by atoms with Gasteiger partial charge in [-0.1, -0.05) is 0 Å². The molecule has 0 spiro atoms. The Morgan fingerprint density at radius 1 is 0.947 bits per heavy atom. The van der Waals surface area contributed by atoms with Crippen molar-refractivity contribution in [1.29, 1.82) is 0 Å². The van der Waals surface area contributed by atoms with Gasteiger partial charge < -0.3 is 9.80 Å². The Kier molecular flexibility index (Phi) is 3.36. The van der Waals surface area contributed by atoms with E-state index in [0.29, 0.717) is 5.91 Å². The van der Waals surface area contributed by atoms with Crippen molar-refractivity contribution in [3.8, 4) is 0 Å². The van der Waals surface area contributed by atoms with E-state index in [1.54, 1.807) is 0 Å². The van der Waals surface area contributed by atoms with Gasteiger partial charge in [0.2, 0.25) is 5.91 Å². The third kappa shape index (κ3) is 2.42. The van der Waals surface area contributed by atoms with E-state index in [2.05, 4.69) is 19.0 Å². The summed E-state index contributed by atoms with van der Waals surface area (Å²) in [6.07, 6.45) is 7.79. The minimum absolute atomic E-state index is 0.0375. The van der Waals surface area contributed by atoms with Crippen LogP contribution in [0.5, 0.6) is 0 Å². The standard InChI is InChI=1S/C16H28N2O/c1-17(2)4-5-18(3)15(19)16-9-12-6-13(10-16)8-14(7-12)11-16/h12-14H,4-11H2,1-3H3. The van der Waals surface area contributed by atoms with E-state index in [9.17, 15) is 4.79 Å². The molecule has 1 amide bonds. The van der Waals surface area contributed by atoms with Crippen molar-refractivity contribution < 1.29 is 4.79 Å². The molecule has 0 aromatic heterocycles. The zero-order valence-electron chi connectivity index (χ0n) is 12.7. The highest BCUT2D eigenvalue weighted by molar-refractivity contribution is 5.83. The van der Waals surface area contributed by atoms with Crippen LogP contribution in [0.25, 0.3) is 0 Å². The number of likely N-dealkylation sites (N-methyl/N-ethyl adjacent to an activating group) is 2. The maximum absolute atomic E-state index is 12.9. The second kappa shape index (κ2) is 4.76.